The number of ether oxygens (including phenoxy) is 1. The molecular formula is C22H26FIN4OS. The monoisotopic (exact) mass is 540 g/mol. The van der Waals surface area contributed by atoms with Gasteiger partial charge in [0, 0.05) is 18.5 Å². The van der Waals surface area contributed by atoms with Crippen molar-refractivity contribution >= 4 is 41.3 Å². The lowest BCUT2D eigenvalue weighted by atomic mass is 10.2. The minimum absolute atomic E-state index is 0. The molecule has 160 valence electrons. The molecule has 0 saturated carbocycles. The van der Waals surface area contributed by atoms with Crippen molar-refractivity contribution in [3.63, 3.8) is 0 Å². The number of nitrogens with one attached hydrogen (secondary N) is 2. The first kappa shape index (κ1) is 24.1. The molecule has 0 spiro atoms. The van der Waals surface area contributed by atoms with Gasteiger partial charge in [-0.2, -0.15) is 0 Å². The SMILES string of the molecule is CN=C(NCc1ccc(OCc2cccc(F)c2)cc1)NCc1sc(C)nc1C.I. The minimum Gasteiger partial charge on any atom is -0.489 e. The zero-order chi connectivity index (χ0) is 20.6. The molecule has 1 aromatic heterocycles. The number of halogens is 2. The quantitative estimate of drug-likeness (QED) is 0.253. The maximum atomic E-state index is 13.2. The Bertz CT molecular complexity index is 976. The standard InChI is InChI=1S/C22H25FN4OS.HI/c1-15-21(29-16(2)27-15)13-26-22(24-3)25-12-17-7-9-20(10-8-17)28-14-18-5-4-6-19(23)11-18;/h4-11H,12-14H2,1-3H3,(H2,24,25,26);1H. The number of guanidine groups is 1. The number of aliphatic imine (C=N–C) groups is 1. The van der Waals surface area contributed by atoms with Crippen LogP contribution in [0.2, 0.25) is 0 Å². The summed E-state index contributed by atoms with van der Waals surface area (Å²) in [6.45, 7) is 5.71. The fraction of sp³-hybridized carbons (Fsp3) is 0.273. The Hall–Kier alpha value is -2.20. The summed E-state index contributed by atoms with van der Waals surface area (Å²) in [5, 5.41) is 7.70. The lowest BCUT2D eigenvalue weighted by Gasteiger charge is -2.12. The van der Waals surface area contributed by atoms with Crippen molar-refractivity contribution in [2.75, 3.05) is 7.05 Å². The summed E-state index contributed by atoms with van der Waals surface area (Å²) in [7, 11) is 1.75. The molecule has 0 aliphatic heterocycles. The molecule has 0 saturated heterocycles. The van der Waals surface area contributed by atoms with Gasteiger partial charge in [0.1, 0.15) is 18.2 Å². The molecule has 0 unspecified atom stereocenters. The molecular weight excluding hydrogens is 514 g/mol. The minimum atomic E-state index is -0.254. The van der Waals surface area contributed by atoms with E-state index in [-0.39, 0.29) is 29.8 Å². The summed E-state index contributed by atoms with van der Waals surface area (Å²) in [5.41, 5.74) is 2.97. The average molecular weight is 540 g/mol. The zero-order valence-electron chi connectivity index (χ0n) is 17.2. The number of aryl methyl sites for hydroxylation is 2. The summed E-state index contributed by atoms with van der Waals surface area (Å²) in [6.07, 6.45) is 0. The average Bonchev–Trinajstić information content (AvgIpc) is 3.04. The normalized spacial score (nSPS) is 11.0. The molecule has 30 heavy (non-hydrogen) atoms. The van der Waals surface area contributed by atoms with E-state index in [1.165, 1.54) is 17.0 Å². The van der Waals surface area contributed by atoms with Crippen LogP contribution in [-0.4, -0.2) is 18.0 Å². The maximum absolute atomic E-state index is 13.2. The first-order valence-electron chi connectivity index (χ1n) is 9.37. The second kappa shape index (κ2) is 11.8. The van der Waals surface area contributed by atoms with Gasteiger partial charge in [0.15, 0.2) is 5.96 Å². The largest absolute Gasteiger partial charge is 0.489 e. The summed E-state index contributed by atoms with van der Waals surface area (Å²) in [4.78, 5) is 9.92. The third kappa shape index (κ3) is 7.24. The van der Waals surface area contributed by atoms with Gasteiger partial charge in [-0.05, 0) is 49.2 Å². The van der Waals surface area contributed by atoms with E-state index in [1.807, 2.05) is 44.2 Å². The van der Waals surface area contributed by atoms with E-state index in [4.69, 9.17) is 4.74 Å². The van der Waals surface area contributed by atoms with E-state index in [1.54, 1.807) is 24.5 Å². The first-order valence-corrected chi connectivity index (χ1v) is 10.2. The van der Waals surface area contributed by atoms with E-state index in [2.05, 4.69) is 20.6 Å². The highest BCUT2D eigenvalue weighted by molar-refractivity contribution is 14.0. The van der Waals surface area contributed by atoms with E-state index < -0.39 is 0 Å². The molecule has 1 heterocycles. The highest BCUT2D eigenvalue weighted by atomic mass is 127. The van der Waals surface area contributed by atoms with Crippen molar-refractivity contribution in [3.05, 3.63) is 81.1 Å². The van der Waals surface area contributed by atoms with Crippen molar-refractivity contribution in [2.24, 2.45) is 4.99 Å². The van der Waals surface area contributed by atoms with Gasteiger partial charge in [-0.3, -0.25) is 4.99 Å². The molecule has 0 bridgehead atoms. The molecule has 5 nitrogen and oxygen atoms in total. The van der Waals surface area contributed by atoms with Crippen LogP contribution in [0, 0.1) is 19.7 Å². The maximum Gasteiger partial charge on any atom is 0.191 e. The third-order valence-electron chi connectivity index (χ3n) is 4.32. The van der Waals surface area contributed by atoms with Gasteiger partial charge in [0.2, 0.25) is 0 Å². The lowest BCUT2D eigenvalue weighted by molar-refractivity contribution is 0.305. The molecule has 2 aromatic carbocycles. The van der Waals surface area contributed by atoms with Crippen LogP contribution in [0.1, 0.15) is 26.7 Å². The van der Waals surface area contributed by atoms with Crippen molar-refractivity contribution in [3.8, 4) is 5.75 Å². The van der Waals surface area contributed by atoms with Gasteiger partial charge < -0.3 is 15.4 Å². The zero-order valence-corrected chi connectivity index (χ0v) is 20.4. The number of hydrogen-bond acceptors (Lipinski definition) is 4. The highest BCUT2D eigenvalue weighted by Crippen LogP contribution is 2.17. The van der Waals surface area contributed by atoms with Crippen LogP contribution in [0.15, 0.2) is 53.5 Å². The fourth-order valence-electron chi connectivity index (χ4n) is 2.80. The van der Waals surface area contributed by atoms with E-state index in [0.717, 1.165) is 33.5 Å². The number of aromatic nitrogens is 1. The molecule has 0 fully saturated rings. The van der Waals surface area contributed by atoms with Crippen LogP contribution in [0.25, 0.3) is 0 Å². The molecule has 2 N–H and O–H groups in total. The van der Waals surface area contributed by atoms with Crippen LogP contribution in [0.4, 0.5) is 4.39 Å². The molecule has 0 atom stereocenters. The van der Waals surface area contributed by atoms with E-state index in [9.17, 15) is 4.39 Å². The van der Waals surface area contributed by atoms with Crippen LogP contribution in [0.3, 0.4) is 0 Å². The highest BCUT2D eigenvalue weighted by Gasteiger charge is 2.06. The molecule has 3 rings (SSSR count). The van der Waals surface area contributed by atoms with Gasteiger partial charge in [-0.15, -0.1) is 35.3 Å². The summed E-state index contributed by atoms with van der Waals surface area (Å²) in [6, 6.07) is 14.2. The molecule has 0 amide bonds. The van der Waals surface area contributed by atoms with Crippen molar-refractivity contribution in [2.45, 2.75) is 33.5 Å². The van der Waals surface area contributed by atoms with Crippen molar-refractivity contribution in [1.82, 2.24) is 15.6 Å². The molecule has 3 aromatic rings. The Balaban J connectivity index is 0.00000320. The van der Waals surface area contributed by atoms with Crippen LogP contribution in [-0.2, 0) is 19.7 Å². The van der Waals surface area contributed by atoms with Crippen molar-refractivity contribution in [1.29, 1.82) is 0 Å². The van der Waals surface area contributed by atoms with E-state index >= 15 is 0 Å². The Morgan fingerprint density at radius 2 is 1.80 bits per heavy atom. The lowest BCUT2D eigenvalue weighted by Crippen LogP contribution is -2.36. The number of rotatable bonds is 7. The summed E-state index contributed by atoms with van der Waals surface area (Å²) >= 11 is 1.70. The Labute approximate surface area is 197 Å². The smallest absolute Gasteiger partial charge is 0.191 e. The number of nitrogens with zero attached hydrogens (tertiary/aromatic N) is 2. The van der Waals surface area contributed by atoms with Gasteiger partial charge in [0.25, 0.3) is 0 Å². The fourth-order valence-corrected chi connectivity index (χ4v) is 3.68. The first-order chi connectivity index (χ1) is 14.0. The predicted octanol–water partition coefficient (Wildman–Crippen LogP) is 4.96. The number of thiazole rings is 1. The molecule has 0 aliphatic carbocycles. The second-order valence-corrected chi connectivity index (χ2v) is 7.87. The number of hydrogen-bond donors (Lipinski definition) is 2. The van der Waals surface area contributed by atoms with Crippen LogP contribution >= 0.6 is 35.3 Å². The van der Waals surface area contributed by atoms with Crippen LogP contribution < -0.4 is 15.4 Å². The molecule has 0 radical (unpaired) electrons. The third-order valence-corrected chi connectivity index (χ3v) is 5.39. The predicted molar refractivity (Wildman–Crippen MR) is 131 cm³/mol. The summed E-state index contributed by atoms with van der Waals surface area (Å²) < 4.78 is 18.9. The van der Waals surface area contributed by atoms with E-state index in [0.29, 0.717) is 19.7 Å². The van der Waals surface area contributed by atoms with Gasteiger partial charge in [-0.1, -0.05) is 24.3 Å². The number of benzene rings is 2. The Kier molecular flexibility index (Phi) is 9.51. The Morgan fingerprint density at radius 3 is 2.43 bits per heavy atom. The molecule has 8 heteroatoms. The van der Waals surface area contributed by atoms with Crippen molar-refractivity contribution < 1.29 is 9.13 Å². The molecule has 0 aliphatic rings. The van der Waals surface area contributed by atoms with Gasteiger partial charge in [-0.25, -0.2) is 9.37 Å². The summed E-state index contributed by atoms with van der Waals surface area (Å²) in [5.74, 6) is 1.23. The Morgan fingerprint density at radius 1 is 1.07 bits per heavy atom. The second-order valence-electron chi connectivity index (χ2n) is 6.58. The topological polar surface area (TPSA) is 58.5 Å². The van der Waals surface area contributed by atoms with Gasteiger partial charge >= 0.3 is 0 Å². The van der Waals surface area contributed by atoms with Crippen LogP contribution in [0.5, 0.6) is 5.75 Å². The van der Waals surface area contributed by atoms with Gasteiger partial charge in [0.05, 0.1) is 17.2 Å².